The predicted molar refractivity (Wildman–Crippen MR) is 77.7 cm³/mol. The smallest absolute Gasteiger partial charge is 0.243 e. The van der Waals surface area contributed by atoms with E-state index < -0.39 is 10.0 Å². The van der Waals surface area contributed by atoms with E-state index in [1.54, 1.807) is 6.92 Å². The Labute approximate surface area is 124 Å². The van der Waals surface area contributed by atoms with Gasteiger partial charge in [0.2, 0.25) is 10.0 Å². The molecule has 0 heterocycles. The fraction of sp³-hybridized carbons (Fsp3) is 0.462. The van der Waals surface area contributed by atoms with Crippen molar-refractivity contribution >= 4 is 27.3 Å². The monoisotopic (exact) mass is 313 g/mol. The van der Waals surface area contributed by atoms with Crippen molar-refractivity contribution in [1.82, 2.24) is 4.31 Å². The van der Waals surface area contributed by atoms with E-state index >= 15 is 0 Å². The van der Waals surface area contributed by atoms with Gasteiger partial charge in [-0.3, -0.25) is 0 Å². The number of hydrogen-bond donors (Lipinski definition) is 1. The number of nitriles is 1. The number of aryl methyl sites for hydroxylation is 1. The van der Waals surface area contributed by atoms with Crippen molar-refractivity contribution in [3.63, 3.8) is 0 Å². The average molecular weight is 314 g/mol. The molecule has 5 nitrogen and oxygen atoms in total. The molecule has 0 unspecified atom stereocenters. The molecule has 0 amide bonds. The van der Waals surface area contributed by atoms with Gasteiger partial charge in [-0.2, -0.15) is 9.57 Å². The highest BCUT2D eigenvalue weighted by Gasteiger charge is 2.37. The number of anilines is 1. The summed E-state index contributed by atoms with van der Waals surface area (Å²) in [5, 5.41) is 9.04. The highest BCUT2D eigenvalue weighted by atomic mass is 35.5. The van der Waals surface area contributed by atoms with Crippen LogP contribution in [0, 0.1) is 18.3 Å². The summed E-state index contributed by atoms with van der Waals surface area (Å²) in [6.07, 6.45) is 1.86. The summed E-state index contributed by atoms with van der Waals surface area (Å²) in [6.45, 7) is 1.93. The van der Waals surface area contributed by atoms with Gasteiger partial charge < -0.3 is 5.73 Å². The zero-order valence-corrected chi connectivity index (χ0v) is 12.7. The maximum absolute atomic E-state index is 12.7. The van der Waals surface area contributed by atoms with Crippen LogP contribution in [-0.2, 0) is 10.0 Å². The first-order valence-electron chi connectivity index (χ1n) is 6.32. The summed E-state index contributed by atoms with van der Waals surface area (Å²) in [5.41, 5.74) is 6.62. The van der Waals surface area contributed by atoms with E-state index in [-0.39, 0.29) is 29.6 Å². The molecule has 0 spiro atoms. The lowest BCUT2D eigenvalue weighted by Gasteiger charge is -2.21. The second-order valence-corrected chi connectivity index (χ2v) is 7.17. The third kappa shape index (κ3) is 2.90. The minimum atomic E-state index is -3.63. The Kier molecular flexibility index (Phi) is 4.23. The molecule has 7 heteroatoms. The molecule has 0 atom stereocenters. The summed E-state index contributed by atoms with van der Waals surface area (Å²) < 4.78 is 26.7. The molecule has 2 N–H and O–H groups in total. The lowest BCUT2D eigenvalue weighted by molar-refractivity contribution is 0.411. The molecule has 108 valence electrons. The van der Waals surface area contributed by atoms with Gasteiger partial charge in [0.15, 0.2) is 0 Å². The molecule has 0 bridgehead atoms. The SMILES string of the molecule is Cc1cc(S(=O)(=O)N(CCC#N)C2CC2)cc(N)c1Cl. The fourth-order valence-electron chi connectivity index (χ4n) is 2.07. The zero-order valence-electron chi connectivity index (χ0n) is 11.1. The van der Waals surface area contributed by atoms with Gasteiger partial charge in [-0.15, -0.1) is 0 Å². The minimum Gasteiger partial charge on any atom is -0.397 e. The number of rotatable bonds is 5. The minimum absolute atomic E-state index is 0.00515. The van der Waals surface area contributed by atoms with Crippen molar-refractivity contribution in [1.29, 1.82) is 5.26 Å². The average Bonchev–Trinajstić information content (AvgIpc) is 3.20. The van der Waals surface area contributed by atoms with E-state index in [9.17, 15) is 8.42 Å². The third-order valence-electron chi connectivity index (χ3n) is 3.26. The van der Waals surface area contributed by atoms with Crippen LogP contribution in [0.5, 0.6) is 0 Å². The van der Waals surface area contributed by atoms with Gasteiger partial charge in [-0.1, -0.05) is 11.6 Å². The Balaban J connectivity index is 2.40. The number of nitrogens with two attached hydrogens (primary N) is 1. The maximum Gasteiger partial charge on any atom is 0.243 e. The Morgan fingerprint density at radius 2 is 2.15 bits per heavy atom. The summed E-state index contributed by atoms with van der Waals surface area (Å²) in [5.74, 6) is 0. The highest BCUT2D eigenvalue weighted by Crippen LogP contribution is 2.34. The van der Waals surface area contributed by atoms with Crippen LogP contribution < -0.4 is 5.73 Å². The Hall–Kier alpha value is -1.29. The molecule has 1 fully saturated rings. The number of hydrogen-bond acceptors (Lipinski definition) is 4. The quantitative estimate of drug-likeness (QED) is 0.845. The van der Waals surface area contributed by atoms with E-state index in [2.05, 4.69) is 0 Å². The summed E-state index contributed by atoms with van der Waals surface area (Å²) in [4.78, 5) is 0.140. The van der Waals surface area contributed by atoms with Crippen LogP contribution >= 0.6 is 11.6 Å². The van der Waals surface area contributed by atoms with Crippen molar-refractivity contribution in [2.45, 2.75) is 37.1 Å². The summed E-state index contributed by atoms with van der Waals surface area (Å²) in [6, 6.07) is 4.89. The lowest BCUT2D eigenvalue weighted by atomic mass is 10.2. The van der Waals surface area contributed by atoms with E-state index in [4.69, 9.17) is 22.6 Å². The number of nitrogens with zero attached hydrogens (tertiary/aromatic N) is 2. The van der Waals surface area contributed by atoms with Gasteiger partial charge >= 0.3 is 0 Å². The van der Waals surface area contributed by atoms with Crippen LogP contribution in [0.1, 0.15) is 24.8 Å². The second kappa shape index (κ2) is 5.60. The molecule has 20 heavy (non-hydrogen) atoms. The molecule has 0 radical (unpaired) electrons. The number of benzene rings is 1. The number of halogens is 1. The van der Waals surface area contributed by atoms with Gasteiger partial charge in [0.1, 0.15) is 0 Å². The molecular formula is C13H16ClN3O2S. The molecule has 0 aliphatic heterocycles. The van der Waals surface area contributed by atoms with Gasteiger partial charge in [-0.05, 0) is 37.5 Å². The number of nitrogen functional groups attached to an aromatic ring is 1. The molecule has 1 aromatic rings. The fourth-order valence-corrected chi connectivity index (χ4v) is 3.99. The number of sulfonamides is 1. The van der Waals surface area contributed by atoms with Gasteiger partial charge in [0, 0.05) is 19.0 Å². The summed E-state index contributed by atoms with van der Waals surface area (Å²) >= 11 is 5.96. The van der Waals surface area contributed by atoms with E-state index in [0.717, 1.165) is 12.8 Å². The van der Waals surface area contributed by atoms with Crippen LogP contribution in [0.3, 0.4) is 0 Å². The van der Waals surface area contributed by atoms with Crippen LogP contribution in [-0.4, -0.2) is 25.3 Å². The van der Waals surface area contributed by atoms with Crippen LogP contribution in [0.15, 0.2) is 17.0 Å². The van der Waals surface area contributed by atoms with Crippen molar-refractivity contribution < 1.29 is 8.42 Å². The van der Waals surface area contributed by atoms with Crippen LogP contribution in [0.25, 0.3) is 0 Å². The van der Waals surface area contributed by atoms with Crippen LogP contribution in [0.2, 0.25) is 5.02 Å². The molecule has 2 rings (SSSR count). The molecule has 1 saturated carbocycles. The Morgan fingerprint density at radius 3 is 2.65 bits per heavy atom. The zero-order chi connectivity index (χ0) is 14.9. The third-order valence-corrected chi connectivity index (χ3v) is 5.71. The van der Waals surface area contributed by atoms with Gasteiger partial charge in [0.05, 0.1) is 21.7 Å². The normalized spacial score (nSPS) is 15.3. The van der Waals surface area contributed by atoms with E-state index in [1.165, 1.54) is 16.4 Å². The molecule has 1 aromatic carbocycles. The first-order chi connectivity index (χ1) is 9.37. The maximum atomic E-state index is 12.7. The lowest BCUT2D eigenvalue weighted by Crippen LogP contribution is -2.34. The molecule has 0 saturated heterocycles. The van der Waals surface area contributed by atoms with Crippen molar-refractivity contribution in [3.05, 3.63) is 22.7 Å². The van der Waals surface area contributed by atoms with E-state index in [1.807, 2.05) is 6.07 Å². The van der Waals surface area contributed by atoms with Crippen molar-refractivity contribution in [3.8, 4) is 6.07 Å². The van der Waals surface area contributed by atoms with Crippen LogP contribution in [0.4, 0.5) is 5.69 Å². The molecule has 1 aliphatic carbocycles. The standard InChI is InChI=1S/C13H16ClN3O2S/c1-9-7-11(8-12(16)13(9)14)20(18,19)17(6-2-5-15)10-3-4-10/h7-8,10H,2-4,6,16H2,1H3. The van der Waals surface area contributed by atoms with Crippen molar-refractivity contribution in [2.24, 2.45) is 0 Å². The molecule has 0 aromatic heterocycles. The highest BCUT2D eigenvalue weighted by molar-refractivity contribution is 7.89. The van der Waals surface area contributed by atoms with E-state index in [0.29, 0.717) is 10.6 Å². The molecular weight excluding hydrogens is 298 g/mol. The largest absolute Gasteiger partial charge is 0.397 e. The predicted octanol–water partition coefficient (Wildman–Crippen LogP) is 2.30. The Morgan fingerprint density at radius 1 is 1.50 bits per heavy atom. The topological polar surface area (TPSA) is 87.2 Å². The summed E-state index contributed by atoms with van der Waals surface area (Å²) in [7, 11) is -3.63. The Bertz CT molecular complexity index is 640. The first kappa shape index (κ1) is 15.1. The van der Waals surface area contributed by atoms with Gasteiger partial charge in [0.25, 0.3) is 0 Å². The second-order valence-electron chi connectivity index (χ2n) is 4.90. The molecule has 1 aliphatic rings. The van der Waals surface area contributed by atoms with Gasteiger partial charge in [-0.25, -0.2) is 8.42 Å². The van der Waals surface area contributed by atoms with Crippen molar-refractivity contribution in [2.75, 3.05) is 12.3 Å². The first-order valence-corrected chi connectivity index (χ1v) is 8.14.